The Labute approximate surface area is 81.0 Å². The second-order valence-corrected chi connectivity index (χ2v) is 2.65. The lowest BCUT2D eigenvalue weighted by molar-refractivity contribution is 0.382. The lowest BCUT2D eigenvalue weighted by atomic mass is 10.1. The van der Waals surface area contributed by atoms with E-state index in [4.69, 9.17) is 5.73 Å². The van der Waals surface area contributed by atoms with Crippen LogP contribution in [0.2, 0.25) is 0 Å². The fourth-order valence-electron chi connectivity index (χ4n) is 1.05. The Morgan fingerprint density at radius 2 is 2.14 bits per heavy atom. The predicted octanol–water partition coefficient (Wildman–Crippen LogP) is 1.95. The van der Waals surface area contributed by atoms with Crippen LogP contribution < -0.4 is 10.5 Å². The second-order valence-electron chi connectivity index (χ2n) is 2.65. The highest BCUT2D eigenvalue weighted by atomic mass is 19.1. The van der Waals surface area contributed by atoms with Crippen LogP contribution in [-0.2, 0) is 0 Å². The third-order valence-corrected chi connectivity index (χ3v) is 1.69. The number of benzene rings is 1. The molecular formula is C10H11F2NO. The molecular weight excluding hydrogens is 188 g/mol. The molecule has 2 nitrogen and oxygen atoms in total. The summed E-state index contributed by atoms with van der Waals surface area (Å²) in [5.41, 5.74) is 5.33. The average molecular weight is 199 g/mol. The molecule has 1 rings (SSSR count). The lowest BCUT2D eigenvalue weighted by Gasteiger charge is -2.04. The molecule has 76 valence electrons. The summed E-state index contributed by atoms with van der Waals surface area (Å²) in [4.78, 5) is 0. The van der Waals surface area contributed by atoms with Crippen LogP contribution >= 0.6 is 0 Å². The van der Waals surface area contributed by atoms with Crippen LogP contribution in [0.1, 0.15) is 5.56 Å². The third kappa shape index (κ3) is 2.29. The minimum absolute atomic E-state index is 0.110. The van der Waals surface area contributed by atoms with Gasteiger partial charge in [0.2, 0.25) is 0 Å². The summed E-state index contributed by atoms with van der Waals surface area (Å²) in [7, 11) is 1.29. The number of rotatable bonds is 3. The van der Waals surface area contributed by atoms with E-state index in [2.05, 4.69) is 4.74 Å². The quantitative estimate of drug-likeness (QED) is 0.807. The van der Waals surface area contributed by atoms with Gasteiger partial charge in [-0.2, -0.15) is 0 Å². The molecule has 0 atom stereocenters. The van der Waals surface area contributed by atoms with Crippen molar-refractivity contribution in [3.05, 3.63) is 35.4 Å². The number of ether oxygens (including phenoxy) is 1. The van der Waals surface area contributed by atoms with Crippen molar-refractivity contribution in [1.82, 2.24) is 0 Å². The number of hydrogen-bond acceptors (Lipinski definition) is 2. The number of hydrogen-bond donors (Lipinski definition) is 1. The molecule has 2 N–H and O–H groups in total. The normalized spacial score (nSPS) is 10.9. The zero-order valence-corrected chi connectivity index (χ0v) is 7.76. The first-order valence-corrected chi connectivity index (χ1v) is 4.08. The number of methoxy groups -OCH3 is 1. The molecule has 1 aromatic carbocycles. The van der Waals surface area contributed by atoms with Crippen molar-refractivity contribution in [3.8, 4) is 5.75 Å². The van der Waals surface area contributed by atoms with E-state index in [1.807, 2.05) is 0 Å². The van der Waals surface area contributed by atoms with Gasteiger partial charge < -0.3 is 10.5 Å². The van der Waals surface area contributed by atoms with Crippen molar-refractivity contribution in [1.29, 1.82) is 0 Å². The SMILES string of the molecule is COc1cc(F)cc(/C=C/CN)c1F. The van der Waals surface area contributed by atoms with Gasteiger partial charge in [0.15, 0.2) is 11.6 Å². The maximum absolute atomic E-state index is 13.4. The molecule has 4 heteroatoms. The van der Waals surface area contributed by atoms with Crippen molar-refractivity contribution in [2.24, 2.45) is 5.73 Å². The van der Waals surface area contributed by atoms with Crippen molar-refractivity contribution < 1.29 is 13.5 Å². The monoisotopic (exact) mass is 199 g/mol. The van der Waals surface area contributed by atoms with Crippen LogP contribution in [-0.4, -0.2) is 13.7 Å². The summed E-state index contributed by atoms with van der Waals surface area (Å²) in [6.07, 6.45) is 2.96. The average Bonchev–Trinajstić information content (AvgIpc) is 2.18. The summed E-state index contributed by atoms with van der Waals surface area (Å²) in [5.74, 6) is -1.24. The van der Waals surface area contributed by atoms with Crippen molar-refractivity contribution in [2.45, 2.75) is 0 Å². The van der Waals surface area contributed by atoms with Crippen LogP contribution in [0.3, 0.4) is 0 Å². The van der Waals surface area contributed by atoms with Crippen LogP contribution in [0.25, 0.3) is 6.08 Å². The van der Waals surface area contributed by atoms with E-state index < -0.39 is 11.6 Å². The van der Waals surface area contributed by atoms with Gasteiger partial charge >= 0.3 is 0 Å². The van der Waals surface area contributed by atoms with Crippen LogP contribution in [0.5, 0.6) is 5.75 Å². The van der Waals surface area contributed by atoms with Gasteiger partial charge in [-0.05, 0) is 6.07 Å². The highest BCUT2D eigenvalue weighted by Gasteiger charge is 2.08. The molecule has 0 aromatic heterocycles. The standard InChI is InChI=1S/C10H11F2NO/c1-14-9-6-8(11)5-7(10(9)12)3-2-4-13/h2-3,5-6H,4,13H2,1H3/b3-2+. The maximum Gasteiger partial charge on any atom is 0.172 e. The van der Waals surface area contributed by atoms with E-state index in [0.717, 1.165) is 12.1 Å². The topological polar surface area (TPSA) is 35.2 Å². The summed E-state index contributed by atoms with van der Waals surface area (Å²) < 4.78 is 31.0. The summed E-state index contributed by atoms with van der Waals surface area (Å²) in [5, 5.41) is 0. The second kappa shape index (κ2) is 4.72. The van der Waals surface area contributed by atoms with Gasteiger partial charge in [0, 0.05) is 18.2 Å². The first-order chi connectivity index (χ1) is 6.69. The van der Waals surface area contributed by atoms with Crippen LogP contribution in [0.15, 0.2) is 18.2 Å². The van der Waals surface area contributed by atoms with E-state index in [1.54, 1.807) is 0 Å². The number of nitrogens with two attached hydrogens (primary N) is 1. The van der Waals surface area contributed by atoms with E-state index in [-0.39, 0.29) is 17.9 Å². The van der Waals surface area contributed by atoms with Gasteiger partial charge in [-0.15, -0.1) is 0 Å². The molecule has 0 unspecified atom stereocenters. The molecule has 0 heterocycles. The van der Waals surface area contributed by atoms with Gasteiger partial charge in [-0.25, -0.2) is 8.78 Å². The molecule has 1 aromatic rings. The van der Waals surface area contributed by atoms with Crippen molar-refractivity contribution in [3.63, 3.8) is 0 Å². The Bertz CT molecular complexity index is 350. The summed E-state index contributed by atoms with van der Waals surface area (Å²) >= 11 is 0. The van der Waals surface area contributed by atoms with Crippen molar-refractivity contribution >= 4 is 6.08 Å². The van der Waals surface area contributed by atoms with Gasteiger partial charge in [-0.3, -0.25) is 0 Å². The molecule has 0 aliphatic carbocycles. The van der Waals surface area contributed by atoms with Crippen molar-refractivity contribution in [2.75, 3.05) is 13.7 Å². The Hall–Kier alpha value is -1.42. The summed E-state index contributed by atoms with van der Waals surface area (Å²) in [6, 6.07) is 2.08. The molecule has 0 aliphatic rings. The first kappa shape index (κ1) is 10.7. The minimum atomic E-state index is -0.585. The fraction of sp³-hybridized carbons (Fsp3) is 0.200. The first-order valence-electron chi connectivity index (χ1n) is 4.08. The van der Waals surface area contributed by atoms with E-state index >= 15 is 0 Å². The lowest BCUT2D eigenvalue weighted by Crippen LogP contribution is -1.95. The molecule has 14 heavy (non-hydrogen) atoms. The third-order valence-electron chi connectivity index (χ3n) is 1.69. The molecule has 0 bridgehead atoms. The molecule has 0 saturated heterocycles. The van der Waals surface area contributed by atoms with Gasteiger partial charge in [-0.1, -0.05) is 12.2 Å². The maximum atomic E-state index is 13.4. The Morgan fingerprint density at radius 1 is 1.43 bits per heavy atom. The highest BCUT2D eigenvalue weighted by molar-refractivity contribution is 5.53. The van der Waals surface area contributed by atoms with Gasteiger partial charge in [0.25, 0.3) is 0 Å². The minimum Gasteiger partial charge on any atom is -0.494 e. The Kier molecular flexibility index (Phi) is 3.59. The van der Waals surface area contributed by atoms with E-state index in [1.165, 1.54) is 19.3 Å². The molecule has 0 amide bonds. The summed E-state index contributed by atoms with van der Waals surface area (Å²) in [6.45, 7) is 0.276. The molecule has 0 aliphatic heterocycles. The van der Waals surface area contributed by atoms with E-state index in [0.29, 0.717) is 0 Å². The number of halogens is 2. The van der Waals surface area contributed by atoms with E-state index in [9.17, 15) is 8.78 Å². The fourth-order valence-corrected chi connectivity index (χ4v) is 1.05. The Balaban J connectivity index is 3.15. The van der Waals surface area contributed by atoms with Gasteiger partial charge in [0.1, 0.15) is 5.82 Å². The molecule has 0 spiro atoms. The smallest absolute Gasteiger partial charge is 0.172 e. The zero-order chi connectivity index (χ0) is 10.6. The van der Waals surface area contributed by atoms with Crippen LogP contribution in [0.4, 0.5) is 8.78 Å². The Morgan fingerprint density at radius 3 is 2.71 bits per heavy atom. The highest BCUT2D eigenvalue weighted by Crippen LogP contribution is 2.22. The van der Waals surface area contributed by atoms with Crippen LogP contribution in [0, 0.1) is 11.6 Å². The molecule has 0 fully saturated rings. The predicted molar refractivity (Wildman–Crippen MR) is 51.0 cm³/mol. The molecule has 0 radical (unpaired) electrons. The van der Waals surface area contributed by atoms with Gasteiger partial charge in [0.05, 0.1) is 7.11 Å². The molecule has 0 saturated carbocycles. The largest absolute Gasteiger partial charge is 0.494 e. The zero-order valence-electron chi connectivity index (χ0n) is 7.76.